The van der Waals surface area contributed by atoms with Gasteiger partial charge in [0.25, 0.3) is 0 Å². The molecule has 0 saturated heterocycles. The third-order valence-corrected chi connectivity index (χ3v) is 13.6. The summed E-state index contributed by atoms with van der Waals surface area (Å²) in [5, 5.41) is 4.48. The van der Waals surface area contributed by atoms with Crippen LogP contribution in [0, 0.1) is 0 Å². The predicted octanol–water partition coefficient (Wildman–Crippen LogP) is 9.74. The lowest BCUT2D eigenvalue weighted by Gasteiger charge is -2.36. The molecule has 42 heavy (non-hydrogen) atoms. The van der Waals surface area contributed by atoms with Gasteiger partial charge in [-0.25, -0.2) is 0 Å². The molecule has 4 aliphatic carbocycles. The lowest BCUT2D eigenvalue weighted by atomic mass is 9.81. The molecule has 3 unspecified atom stereocenters. The Balaban J connectivity index is 1.16. The lowest BCUT2D eigenvalue weighted by molar-refractivity contribution is 0.396. The first-order valence-electron chi connectivity index (χ1n) is 15.9. The van der Waals surface area contributed by atoms with Gasteiger partial charge >= 0.3 is 8.80 Å². The standard InChI is InChI=1S/C39H36NOSi/c1-42-36-22-21-32-31-17-9-10-18-35(31)41-39(32)38(36)33-20-19-27(24-37(33)42)40(26-12-3-2-4-13-26)34-23-25-11-5-6-14-28(25)29-15-7-8-16-30(29)34/h3,6-10,12-20,23,27,32,36H,2,4-5,11,21-22,24H2,1H3/q+1. The summed E-state index contributed by atoms with van der Waals surface area (Å²) in [6, 6.07) is 20.6. The van der Waals surface area contributed by atoms with E-state index in [1.54, 1.807) is 10.8 Å². The zero-order valence-corrected chi connectivity index (χ0v) is 25.3. The third kappa shape index (κ3) is 3.62. The van der Waals surface area contributed by atoms with Crippen LogP contribution in [0.3, 0.4) is 0 Å². The van der Waals surface area contributed by atoms with Gasteiger partial charge in [-0.1, -0.05) is 78.9 Å². The van der Waals surface area contributed by atoms with Crippen LogP contribution >= 0.6 is 0 Å². The summed E-state index contributed by atoms with van der Waals surface area (Å²) in [4.78, 5) is 2.69. The Hall–Kier alpha value is -3.82. The third-order valence-electron chi connectivity index (χ3n) is 10.6. The monoisotopic (exact) mass is 562 g/mol. The smallest absolute Gasteiger partial charge is 0.353 e. The van der Waals surface area contributed by atoms with Crippen molar-refractivity contribution in [1.82, 2.24) is 0 Å². The van der Waals surface area contributed by atoms with Crippen molar-refractivity contribution < 1.29 is 4.74 Å². The number of anilines is 1. The maximum atomic E-state index is 6.66. The number of aryl methyl sites for hydroxylation is 1. The van der Waals surface area contributed by atoms with Crippen molar-refractivity contribution in [2.45, 2.75) is 69.0 Å². The number of hydrogen-bond acceptors (Lipinski definition) is 2. The molecule has 0 radical (unpaired) electrons. The number of rotatable bonds is 3. The van der Waals surface area contributed by atoms with Crippen LogP contribution in [0.1, 0.15) is 61.1 Å². The molecule has 0 saturated carbocycles. The Bertz CT molecular complexity index is 1830. The van der Waals surface area contributed by atoms with Gasteiger partial charge in [0, 0.05) is 45.8 Å². The minimum Gasteiger partial charge on any atom is -0.460 e. The molecule has 2 heterocycles. The summed E-state index contributed by atoms with van der Waals surface area (Å²) in [6.45, 7) is 2.58. The van der Waals surface area contributed by atoms with Crippen LogP contribution in [-0.4, -0.2) is 14.8 Å². The van der Waals surface area contributed by atoms with Crippen LogP contribution < -0.4 is 9.64 Å². The fourth-order valence-electron chi connectivity index (χ4n) is 8.60. The van der Waals surface area contributed by atoms with Crippen LogP contribution in [0.5, 0.6) is 5.75 Å². The summed E-state index contributed by atoms with van der Waals surface area (Å²) in [5.41, 5.74) is 10.8. The SMILES string of the molecule is C[Si+]1C2=C(C=CC(N(C3=CCCC=C3)c3cc4c(c5ccccc35)C=CCC4)C2)C2=C3Oc4ccccc4C3CCC21. The summed E-state index contributed by atoms with van der Waals surface area (Å²) >= 11 is 0. The molecule has 206 valence electrons. The molecule has 3 aromatic carbocycles. The average molecular weight is 563 g/mol. The van der Waals surface area contributed by atoms with E-state index in [2.05, 4.69) is 109 Å². The van der Waals surface area contributed by atoms with E-state index in [0.717, 1.165) is 37.9 Å². The van der Waals surface area contributed by atoms with Gasteiger partial charge < -0.3 is 9.64 Å². The van der Waals surface area contributed by atoms with Crippen LogP contribution in [0.2, 0.25) is 12.1 Å². The summed E-state index contributed by atoms with van der Waals surface area (Å²) < 4.78 is 6.66. The maximum absolute atomic E-state index is 6.66. The first kappa shape index (κ1) is 24.7. The summed E-state index contributed by atoms with van der Waals surface area (Å²) in [5.74, 6) is 2.79. The van der Waals surface area contributed by atoms with Gasteiger partial charge in [0.05, 0.1) is 17.8 Å². The van der Waals surface area contributed by atoms with Crippen LogP contribution in [0.15, 0.2) is 119 Å². The lowest BCUT2D eigenvalue weighted by Crippen LogP contribution is -2.36. The second-order valence-electron chi connectivity index (χ2n) is 12.7. The minimum absolute atomic E-state index is 0.307. The zero-order valence-electron chi connectivity index (χ0n) is 24.3. The van der Waals surface area contributed by atoms with E-state index in [0.29, 0.717) is 17.5 Å². The molecule has 9 rings (SSSR count). The van der Waals surface area contributed by atoms with Gasteiger partial charge in [0.2, 0.25) is 0 Å². The van der Waals surface area contributed by atoms with E-state index in [4.69, 9.17) is 4.74 Å². The summed E-state index contributed by atoms with van der Waals surface area (Å²) in [6.07, 6.45) is 25.0. The molecule has 3 aromatic rings. The molecule has 3 atom stereocenters. The normalized spacial score (nSPS) is 25.1. The highest BCUT2D eigenvalue weighted by Crippen LogP contribution is 2.58. The second kappa shape index (κ2) is 9.60. The first-order chi connectivity index (χ1) is 20.8. The van der Waals surface area contributed by atoms with Crippen LogP contribution in [0.4, 0.5) is 5.69 Å². The Kier molecular flexibility index (Phi) is 5.66. The molecular weight excluding hydrogens is 527 g/mol. The van der Waals surface area contributed by atoms with Crippen LogP contribution in [0.25, 0.3) is 16.8 Å². The number of fused-ring (bicyclic) bond motifs is 8. The number of nitrogens with zero attached hydrogens (tertiary/aromatic N) is 1. The van der Waals surface area contributed by atoms with E-state index in [1.165, 1.54) is 63.0 Å². The Morgan fingerprint density at radius 2 is 1.74 bits per heavy atom. The average Bonchev–Trinajstić information content (AvgIpc) is 3.57. The molecule has 2 aliphatic heterocycles. The number of allylic oxidation sites excluding steroid dienone is 8. The quantitative estimate of drug-likeness (QED) is 0.295. The first-order valence-corrected chi connectivity index (χ1v) is 18.0. The molecule has 0 N–H and O–H groups in total. The van der Waals surface area contributed by atoms with E-state index >= 15 is 0 Å². The Morgan fingerprint density at radius 3 is 2.64 bits per heavy atom. The molecule has 0 bridgehead atoms. The Morgan fingerprint density at radius 1 is 0.881 bits per heavy atom. The zero-order chi connectivity index (χ0) is 27.8. The molecule has 0 fully saturated rings. The number of hydrogen-bond donors (Lipinski definition) is 0. The molecule has 0 aromatic heterocycles. The van der Waals surface area contributed by atoms with E-state index in [9.17, 15) is 0 Å². The molecule has 2 nitrogen and oxygen atoms in total. The van der Waals surface area contributed by atoms with Crippen molar-refractivity contribution in [2.24, 2.45) is 0 Å². The summed E-state index contributed by atoms with van der Waals surface area (Å²) in [7, 11) is -0.694. The highest BCUT2D eigenvalue weighted by molar-refractivity contribution is 6.69. The number of ether oxygens (including phenoxy) is 1. The molecule has 3 heteroatoms. The molecule has 0 amide bonds. The van der Waals surface area contributed by atoms with E-state index in [1.807, 2.05) is 0 Å². The minimum atomic E-state index is -0.694. The van der Waals surface area contributed by atoms with Gasteiger partial charge in [-0.3, -0.25) is 0 Å². The van der Waals surface area contributed by atoms with Gasteiger partial charge in [-0.2, -0.15) is 0 Å². The largest absolute Gasteiger partial charge is 0.460 e. The second-order valence-corrected chi connectivity index (χ2v) is 15.4. The van der Waals surface area contributed by atoms with Gasteiger partial charge in [-0.05, 0) is 73.2 Å². The highest BCUT2D eigenvalue weighted by Gasteiger charge is 2.55. The maximum Gasteiger partial charge on any atom is 0.353 e. The van der Waals surface area contributed by atoms with Gasteiger partial charge in [-0.15, -0.1) is 0 Å². The Labute approximate surface area is 250 Å². The predicted molar refractivity (Wildman–Crippen MR) is 176 cm³/mol. The van der Waals surface area contributed by atoms with Crippen molar-refractivity contribution in [3.8, 4) is 5.75 Å². The fraction of sp³-hybridized carbons (Fsp3) is 0.282. The van der Waals surface area contributed by atoms with Crippen molar-refractivity contribution in [3.63, 3.8) is 0 Å². The van der Waals surface area contributed by atoms with Crippen molar-refractivity contribution in [1.29, 1.82) is 0 Å². The number of para-hydroxylation sites is 1. The van der Waals surface area contributed by atoms with E-state index < -0.39 is 8.80 Å². The van der Waals surface area contributed by atoms with Gasteiger partial charge in [0.15, 0.2) is 0 Å². The highest BCUT2D eigenvalue weighted by atomic mass is 28.3. The fourth-order valence-corrected chi connectivity index (χ4v) is 11.5. The van der Waals surface area contributed by atoms with Crippen molar-refractivity contribution >= 4 is 31.3 Å². The molecule has 0 spiro atoms. The van der Waals surface area contributed by atoms with E-state index in [-0.39, 0.29) is 0 Å². The van der Waals surface area contributed by atoms with Crippen LogP contribution in [-0.2, 0) is 6.42 Å². The van der Waals surface area contributed by atoms with Crippen molar-refractivity contribution in [2.75, 3.05) is 4.90 Å². The number of benzene rings is 3. The van der Waals surface area contributed by atoms with Crippen molar-refractivity contribution in [3.05, 3.63) is 136 Å². The topological polar surface area (TPSA) is 12.5 Å². The molecular formula is C39H36NOSi+. The van der Waals surface area contributed by atoms with Gasteiger partial charge in [0.1, 0.15) is 17.0 Å². The molecule has 6 aliphatic rings.